The topological polar surface area (TPSA) is 39.5 Å². The predicted octanol–water partition coefficient (Wildman–Crippen LogP) is 2.16. The van der Waals surface area contributed by atoms with Crippen LogP contribution < -0.4 is 4.74 Å². The maximum absolute atomic E-state index is 9.52. The molecule has 0 bridgehead atoms. The SMILES string of the molecule is COc1cccc(Cl)c1C(C#N)N1CCN(C)CC1. The summed E-state index contributed by atoms with van der Waals surface area (Å²) in [5.74, 6) is 0.679. The van der Waals surface area contributed by atoms with Gasteiger partial charge < -0.3 is 9.64 Å². The van der Waals surface area contributed by atoms with E-state index in [9.17, 15) is 5.26 Å². The highest BCUT2D eigenvalue weighted by atomic mass is 35.5. The summed E-state index contributed by atoms with van der Waals surface area (Å²) in [4.78, 5) is 4.42. The van der Waals surface area contributed by atoms with Gasteiger partial charge in [0, 0.05) is 31.7 Å². The first kappa shape index (κ1) is 14.1. The first-order chi connectivity index (χ1) is 9.17. The standard InChI is InChI=1S/C14H18ClN3O/c1-17-6-8-18(9-7-17)12(10-16)14-11(15)4-3-5-13(14)19-2/h3-5,12H,6-9H2,1-2H3. The van der Waals surface area contributed by atoms with Crippen molar-refractivity contribution in [2.24, 2.45) is 0 Å². The number of nitriles is 1. The lowest BCUT2D eigenvalue weighted by atomic mass is 10.0. The molecule has 4 nitrogen and oxygen atoms in total. The third kappa shape index (κ3) is 3.01. The average molecular weight is 280 g/mol. The van der Waals surface area contributed by atoms with Crippen molar-refractivity contribution in [2.45, 2.75) is 6.04 Å². The lowest BCUT2D eigenvalue weighted by Gasteiger charge is -2.35. The van der Waals surface area contributed by atoms with Gasteiger partial charge >= 0.3 is 0 Å². The van der Waals surface area contributed by atoms with Crippen LogP contribution in [-0.4, -0.2) is 50.1 Å². The number of hydrogen-bond acceptors (Lipinski definition) is 4. The van der Waals surface area contributed by atoms with Crippen LogP contribution in [0.5, 0.6) is 5.75 Å². The van der Waals surface area contributed by atoms with Crippen molar-refractivity contribution in [1.82, 2.24) is 9.80 Å². The first-order valence-corrected chi connectivity index (χ1v) is 6.69. The maximum atomic E-state index is 9.52. The molecule has 2 rings (SSSR count). The Morgan fingerprint density at radius 3 is 2.58 bits per heavy atom. The summed E-state index contributed by atoms with van der Waals surface area (Å²) in [6, 6.07) is 7.50. The Labute approximate surface area is 119 Å². The van der Waals surface area contributed by atoms with E-state index in [4.69, 9.17) is 16.3 Å². The third-order valence-corrected chi connectivity index (χ3v) is 3.86. The molecule has 0 amide bonds. The monoisotopic (exact) mass is 279 g/mol. The molecule has 0 radical (unpaired) electrons. The van der Waals surface area contributed by atoms with E-state index in [0.29, 0.717) is 10.8 Å². The summed E-state index contributed by atoms with van der Waals surface area (Å²) < 4.78 is 5.35. The Morgan fingerprint density at radius 2 is 2.00 bits per heavy atom. The molecule has 1 aromatic rings. The zero-order valence-corrected chi connectivity index (χ0v) is 12.0. The second-order valence-electron chi connectivity index (χ2n) is 4.73. The molecule has 0 aromatic heterocycles. The fourth-order valence-corrected chi connectivity index (χ4v) is 2.64. The van der Waals surface area contributed by atoms with Gasteiger partial charge in [0.05, 0.1) is 18.2 Å². The van der Waals surface area contributed by atoms with Crippen LogP contribution in [0.15, 0.2) is 18.2 Å². The van der Waals surface area contributed by atoms with Crippen molar-refractivity contribution in [3.05, 3.63) is 28.8 Å². The Balaban J connectivity index is 2.30. The normalized spacial score (nSPS) is 18.8. The molecule has 1 aliphatic heterocycles. The van der Waals surface area contributed by atoms with Crippen molar-refractivity contribution in [2.75, 3.05) is 40.3 Å². The summed E-state index contributed by atoms with van der Waals surface area (Å²) in [5.41, 5.74) is 0.777. The molecule has 1 aliphatic rings. The lowest BCUT2D eigenvalue weighted by Crippen LogP contribution is -2.45. The number of benzene rings is 1. The molecule has 0 spiro atoms. The Hall–Kier alpha value is -1.28. The molecule has 1 aromatic carbocycles. The van der Waals surface area contributed by atoms with Crippen molar-refractivity contribution in [3.63, 3.8) is 0 Å². The van der Waals surface area contributed by atoms with Crippen LogP contribution in [0.2, 0.25) is 5.02 Å². The second-order valence-corrected chi connectivity index (χ2v) is 5.13. The zero-order chi connectivity index (χ0) is 13.8. The van der Waals surface area contributed by atoms with Gasteiger partial charge in [0.15, 0.2) is 0 Å². The van der Waals surface area contributed by atoms with Crippen LogP contribution in [0, 0.1) is 11.3 Å². The van der Waals surface area contributed by atoms with Gasteiger partial charge in [-0.1, -0.05) is 17.7 Å². The molecule has 0 N–H and O–H groups in total. The third-order valence-electron chi connectivity index (χ3n) is 3.53. The molecular formula is C14H18ClN3O. The molecule has 19 heavy (non-hydrogen) atoms. The van der Waals surface area contributed by atoms with Crippen LogP contribution in [0.4, 0.5) is 0 Å². The number of ether oxygens (including phenoxy) is 1. The molecule has 0 aliphatic carbocycles. The van der Waals surface area contributed by atoms with Gasteiger partial charge in [-0.2, -0.15) is 5.26 Å². The number of hydrogen-bond donors (Lipinski definition) is 0. The molecule has 5 heteroatoms. The first-order valence-electron chi connectivity index (χ1n) is 6.32. The summed E-state index contributed by atoms with van der Waals surface area (Å²) in [6.45, 7) is 3.65. The van der Waals surface area contributed by atoms with Crippen molar-refractivity contribution in [1.29, 1.82) is 5.26 Å². The van der Waals surface area contributed by atoms with E-state index in [1.807, 2.05) is 12.1 Å². The number of piperazine rings is 1. The van der Waals surface area contributed by atoms with E-state index >= 15 is 0 Å². The number of halogens is 1. The van der Waals surface area contributed by atoms with E-state index < -0.39 is 0 Å². The number of methoxy groups -OCH3 is 1. The fraction of sp³-hybridized carbons (Fsp3) is 0.500. The highest BCUT2D eigenvalue weighted by molar-refractivity contribution is 6.31. The Morgan fingerprint density at radius 1 is 1.32 bits per heavy atom. The summed E-state index contributed by atoms with van der Waals surface area (Å²) in [5, 5.41) is 10.1. The van der Waals surface area contributed by atoms with E-state index in [-0.39, 0.29) is 6.04 Å². The minimum absolute atomic E-state index is 0.350. The number of rotatable bonds is 3. The minimum atomic E-state index is -0.350. The van der Waals surface area contributed by atoms with Gasteiger partial charge in [-0.3, -0.25) is 4.90 Å². The molecule has 1 saturated heterocycles. The summed E-state index contributed by atoms with van der Waals surface area (Å²) >= 11 is 6.26. The van der Waals surface area contributed by atoms with Crippen molar-refractivity contribution in [3.8, 4) is 11.8 Å². The Kier molecular flexibility index (Phi) is 4.65. The number of likely N-dealkylation sites (N-methyl/N-ethyl adjacent to an activating group) is 1. The van der Waals surface area contributed by atoms with Crippen LogP contribution in [0.3, 0.4) is 0 Å². The van der Waals surface area contributed by atoms with E-state index in [2.05, 4.69) is 22.9 Å². The molecule has 1 fully saturated rings. The van der Waals surface area contributed by atoms with Gasteiger partial charge in [0.25, 0.3) is 0 Å². The van der Waals surface area contributed by atoms with Gasteiger partial charge in [-0.15, -0.1) is 0 Å². The molecule has 102 valence electrons. The summed E-state index contributed by atoms with van der Waals surface area (Å²) in [7, 11) is 3.70. The average Bonchev–Trinajstić information content (AvgIpc) is 2.43. The van der Waals surface area contributed by atoms with Crippen LogP contribution in [0.25, 0.3) is 0 Å². The maximum Gasteiger partial charge on any atom is 0.128 e. The smallest absolute Gasteiger partial charge is 0.128 e. The highest BCUT2D eigenvalue weighted by Crippen LogP contribution is 2.35. The molecule has 1 heterocycles. The van der Waals surface area contributed by atoms with Crippen LogP contribution in [0.1, 0.15) is 11.6 Å². The lowest BCUT2D eigenvalue weighted by molar-refractivity contribution is 0.131. The van der Waals surface area contributed by atoms with E-state index in [1.165, 1.54) is 0 Å². The van der Waals surface area contributed by atoms with Crippen molar-refractivity contribution < 1.29 is 4.74 Å². The molecule has 1 atom stereocenters. The van der Waals surface area contributed by atoms with Gasteiger partial charge in [0.1, 0.15) is 11.8 Å². The van der Waals surface area contributed by atoms with Crippen LogP contribution in [-0.2, 0) is 0 Å². The fourth-order valence-electron chi connectivity index (χ4n) is 2.37. The number of nitrogens with zero attached hydrogens (tertiary/aromatic N) is 3. The van der Waals surface area contributed by atoms with Gasteiger partial charge in [-0.05, 0) is 19.2 Å². The highest BCUT2D eigenvalue weighted by Gasteiger charge is 2.27. The van der Waals surface area contributed by atoms with Crippen molar-refractivity contribution >= 4 is 11.6 Å². The molecule has 1 unspecified atom stereocenters. The summed E-state index contributed by atoms with van der Waals surface area (Å²) in [6.07, 6.45) is 0. The van der Waals surface area contributed by atoms with Gasteiger partial charge in [0.2, 0.25) is 0 Å². The predicted molar refractivity (Wildman–Crippen MR) is 75.4 cm³/mol. The largest absolute Gasteiger partial charge is 0.496 e. The molecule has 0 saturated carbocycles. The van der Waals surface area contributed by atoms with E-state index in [1.54, 1.807) is 13.2 Å². The van der Waals surface area contributed by atoms with E-state index in [0.717, 1.165) is 31.7 Å². The molecular weight excluding hydrogens is 262 g/mol. The zero-order valence-electron chi connectivity index (χ0n) is 11.3. The second kappa shape index (κ2) is 6.25. The Bertz CT molecular complexity index is 478. The minimum Gasteiger partial charge on any atom is -0.496 e. The van der Waals surface area contributed by atoms with Gasteiger partial charge in [-0.25, -0.2) is 0 Å². The van der Waals surface area contributed by atoms with Crippen LogP contribution >= 0.6 is 11.6 Å². The quantitative estimate of drug-likeness (QED) is 0.850.